The molecular formula is C27H26FN7O5. The number of hydrogen-bond donors (Lipinski definition) is 6. The molecule has 3 rings (SSSR count). The standard InChI is InChI=1S/C27H26FN7O5/c1-32-22-11-16(20(28)12-19(22)27(39)40)4-2-3-15-10-23(18(26(37)38)9-17(15)13-29)34-25(36)21(30)5-6-24(31)35-8-7-33-14-35/h5-12,14,32H,2-4,30-31H2,1H3,(H,34,36)(H,37,38)(H,39,40)/b21-5-,24-6+. The van der Waals surface area contributed by atoms with Crippen molar-refractivity contribution in [3.63, 3.8) is 0 Å². The lowest BCUT2D eigenvalue weighted by molar-refractivity contribution is -0.112. The molecule has 0 fully saturated rings. The highest BCUT2D eigenvalue weighted by atomic mass is 19.1. The second kappa shape index (κ2) is 12.7. The third-order valence-corrected chi connectivity index (χ3v) is 5.92. The molecule has 206 valence electrons. The van der Waals surface area contributed by atoms with Gasteiger partial charge in [0.25, 0.3) is 5.91 Å². The van der Waals surface area contributed by atoms with Crippen molar-refractivity contribution in [3.05, 3.63) is 94.5 Å². The van der Waals surface area contributed by atoms with E-state index in [-0.39, 0.29) is 58.0 Å². The number of halogens is 1. The molecule has 0 saturated heterocycles. The number of carbonyl (C=O) groups is 3. The highest BCUT2D eigenvalue weighted by molar-refractivity contribution is 6.07. The number of nitrogens with one attached hydrogen (secondary N) is 2. The lowest BCUT2D eigenvalue weighted by atomic mass is 9.96. The van der Waals surface area contributed by atoms with Crippen LogP contribution in [0.5, 0.6) is 0 Å². The first kappa shape index (κ1) is 28.9. The van der Waals surface area contributed by atoms with Crippen LogP contribution in [0.4, 0.5) is 15.8 Å². The molecule has 0 unspecified atom stereocenters. The smallest absolute Gasteiger partial charge is 0.337 e. The molecule has 0 aliphatic heterocycles. The van der Waals surface area contributed by atoms with Gasteiger partial charge in [-0.05, 0) is 66.8 Å². The Labute approximate surface area is 228 Å². The summed E-state index contributed by atoms with van der Waals surface area (Å²) in [6, 6.07) is 6.81. The summed E-state index contributed by atoms with van der Waals surface area (Å²) in [4.78, 5) is 39.7. The number of nitrogens with zero attached hydrogens (tertiary/aromatic N) is 3. The van der Waals surface area contributed by atoms with Crippen molar-refractivity contribution >= 4 is 35.0 Å². The van der Waals surface area contributed by atoms with E-state index in [1.165, 1.54) is 48.4 Å². The Morgan fingerprint density at radius 3 is 2.30 bits per heavy atom. The van der Waals surface area contributed by atoms with Crippen LogP contribution in [0, 0.1) is 17.1 Å². The quantitative estimate of drug-likeness (QED) is 0.153. The van der Waals surface area contributed by atoms with Gasteiger partial charge in [0.2, 0.25) is 0 Å². The molecule has 3 aromatic rings. The minimum Gasteiger partial charge on any atom is -0.478 e. The Hall–Kier alpha value is -5.64. The number of carboxylic acid groups (broad SMARTS) is 2. The number of aromatic nitrogens is 2. The molecule has 0 aliphatic rings. The minimum absolute atomic E-state index is 0.0764. The van der Waals surface area contributed by atoms with E-state index >= 15 is 0 Å². The van der Waals surface area contributed by atoms with Gasteiger partial charge >= 0.3 is 11.9 Å². The molecule has 0 atom stereocenters. The maximum absolute atomic E-state index is 14.5. The predicted molar refractivity (Wildman–Crippen MR) is 145 cm³/mol. The fraction of sp³-hybridized carbons (Fsp3) is 0.148. The van der Waals surface area contributed by atoms with Crippen LogP contribution in [-0.4, -0.2) is 44.7 Å². The van der Waals surface area contributed by atoms with Crippen LogP contribution in [0.3, 0.4) is 0 Å². The third kappa shape index (κ3) is 6.81. The number of rotatable bonds is 11. The summed E-state index contributed by atoms with van der Waals surface area (Å²) in [5.41, 5.74) is 11.9. The van der Waals surface area contributed by atoms with Crippen molar-refractivity contribution < 1.29 is 29.0 Å². The molecule has 1 amide bonds. The number of nitrogens with two attached hydrogens (primary N) is 2. The van der Waals surface area contributed by atoms with Gasteiger partial charge in [-0.1, -0.05) is 0 Å². The fourth-order valence-corrected chi connectivity index (χ4v) is 3.84. The molecule has 0 spiro atoms. The van der Waals surface area contributed by atoms with E-state index in [1.54, 1.807) is 6.20 Å². The number of anilines is 2. The van der Waals surface area contributed by atoms with Crippen molar-refractivity contribution in [2.45, 2.75) is 19.3 Å². The molecule has 0 radical (unpaired) electrons. The van der Waals surface area contributed by atoms with Crippen LogP contribution >= 0.6 is 0 Å². The fourth-order valence-electron chi connectivity index (χ4n) is 3.84. The van der Waals surface area contributed by atoms with Gasteiger partial charge in [0.1, 0.15) is 18.0 Å². The first-order chi connectivity index (χ1) is 19.0. The number of hydrogen-bond acceptors (Lipinski definition) is 8. The normalized spacial score (nSPS) is 11.5. The highest BCUT2D eigenvalue weighted by Crippen LogP contribution is 2.26. The second-order valence-electron chi connectivity index (χ2n) is 8.51. The zero-order valence-corrected chi connectivity index (χ0v) is 21.3. The summed E-state index contributed by atoms with van der Waals surface area (Å²) in [6.45, 7) is 0. The number of carbonyl (C=O) groups excluding carboxylic acids is 1. The lowest BCUT2D eigenvalue weighted by Crippen LogP contribution is -2.22. The van der Waals surface area contributed by atoms with Crippen molar-refractivity contribution in [1.29, 1.82) is 5.26 Å². The number of aryl methyl sites for hydroxylation is 2. The topological polar surface area (TPSA) is 209 Å². The molecule has 1 heterocycles. The Morgan fingerprint density at radius 1 is 1.05 bits per heavy atom. The number of benzene rings is 2. The van der Waals surface area contributed by atoms with E-state index in [2.05, 4.69) is 15.6 Å². The van der Waals surface area contributed by atoms with Gasteiger partial charge in [0, 0.05) is 25.1 Å². The average Bonchev–Trinajstić information content (AvgIpc) is 3.47. The van der Waals surface area contributed by atoms with Crippen LogP contribution in [0.25, 0.3) is 5.82 Å². The number of amides is 1. The summed E-state index contributed by atoms with van der Waals surface area (Å²) < 4.78 is 16.0. The minimum atomic E-state index is -1.37. The molecule has 13 heteroatoms. The van der Waals surface area contributed by atoms with Gasteiger partial charge < -0.3 is 32.3 Å². The van der Waals surface area contributed by atoms with Gasteiger partial charge in [-0.25, -0.2) is 19.0 Å². The lowest BCUT2D eigenvalue weighted by Gasteiger charge is -2.13. The van der Waals surface area contributed by atoms with E-state index < -0.39 is 23.7 Å². The molecular weight excluding hydrogens is 521 g/mol. The van der Waals surface area contributed by atoms with Crippen molar-refractivity contribution in [2.24, 2.45) is 11.5 Å². The number of imidazole rings is 1. The SMILES string of the molecule is CNc1cc(CCCc2cc(NC(=O)/C(N)=C/C=C(\N)n3ccnc3)c(C(=O)O)cc2C#N)c(F)cc1C(=O)O. The first-order valence-electron chi connectivity index (χ1n) is 11.8. The van der Waals surface area contributed by atoms with Crippen molar-refractivity contribution in [2.75, 3.05) is 17.7 Å². The summed E-state index contributed by atoms with van der Waals surface area (Å²) in [5, 5.41) is 33.7. The largest absolute Gasteiger partial charge is 0.478 e. The Morgan fingerprint density at radius 2 is 1.70 bits per heavy atom. The van der Waals surface area contributed by atoms with Crippen molar-refractivity contribution in [3.8, 4) is 6.07 Å². The molecule has 0 saturated carbocycles. The Bertz CT molecular complexity index is 1560. The Kier molecular flexibility index (Phi) is 9.21. The first-order valence-corrected chi connectivity index (χ1v) is 11.8. The molecule has 12 nitrogen and oxygen atoms in total. The molecule has 40 heavy (non-hydrogen) atoms. The molecule has 1 aromatic heterocycles. The number of nitriles is 1. The predicted octanol–water partition coefficient (Wildman–Crippen LogP) is 2.75. The van der Waals surface area contributed by atoms with Crippen LogP contribution in [0.2, 0.25) is 0 Å². The van der Waals surface area contributed by atoms with Crippen molar-refractivity contribution in [1.82, 2.24) is 9.55 Å². The highest BCUT2D eigenvalue weighted by Gasteiger charge is 2.19. The molecule has 0 aliphatic carbocycles. The van der Waals surface area contributed by atoms with Crippen LogP contribution < -0.4 is 22.1 Å². The molecule has 8 N–H and O–H groups in total. The third-order valence-electron chi connectivity index (χ3n) is 5.92. The van der Waals surface area contributed by atoms with Gasteiger partial charge in [-0.15, -0.1) is 0 Å². The van der Waals surface area contributed by atoms with Gasteiger partial charge in [0.15, 0.2) is 0 Å². The van der Waals surface area contributed by atoms with E-state index in [1.807, 2.05) is 6.07 Å². The maximum atomic E-state index is 14.5. The summed E-state index contributed by atoms with van der Waals surface area (Å²) in [7, 11) is 1.52. The average molecular weight is 548 g/mol. The zero-order chi connectivity index (χ0) is 29.4. The van der Waals surface area contributed by atoms with E-state index in [9.17, 15) is 34.2 Å². The van der Waals surface area contributed by atoms with Crippen LogP contribution in [-0.2, 0) is 17.6 Å². The zero-order valence-electron chi connectivity index (χ0n) is 21.3. The monoisotopic (exact) mass is 547 g/mol. The number of allylic oxidation sites excluding steroid dienone is 2. The Balaban J connectivity index is 1.82. The molecule has 2 aromatic carbocycles. The van der Waals surface area contributed by atoms with Gasteiger partial charge in [0.05, 0.1) is 34.1 Å². The number of aromatic carboxylic acids is 2. The van der Waals surface area contributed by atoms with Gasteiger partial charge in [-0.3, -0.25) is 9.36 Å². The van der Waals surface area contributed by atoms with Crippen LogP contribution in [0.1, 0.15) is 43.8 Å². The van der Waals surface area contributed by atoms with E-state index in [0.29, 0.717) is 12.0 Å². The summed E-state index contributed by atoms with van der Waals surface area (Å²) in [5.74, 6) is -3.89. The maximum Gasteiger partial charge on any atom is 0.337 e. The molecule has 0 bridgehead atoms. The second-order valence-corrected chi connectivity index (χ2v) is 8.51. The summed E-state index contributed by atoms with van der Waals surface area (Å²) in [6.07, 6.45) is 7.95. The van der Waals surface area contributed by atoms with Gasteiger partial charge in [-0.2, -0.15) is 5.26 Å². The summed E-state index contributed by atoms with van der Waals surface area (Å²) >= 11 is 0. The van der Waals surface area contributed by atoms with E-state index in [0.717, 1.165) is 12.1 Å². The number of carboxylic acids is 2. The van der Waals surface area contributed by atoms with E-state index in [4.69, 9.17) is 11.5 Å². The van der Waals surface area contributed by atoms with Crippen LogP contribution in [0.15, 0.2) is 60.8 Å².